The number of thioether (sulfide) groups is 1. The topological polar surface area (TPSA) is 54.6 Å². The van der Waals surface area contributed by atoms with E-state index in [1.54, 1.807) is 28.8 Å². The van der Waals surface area contributed by atoms with Crippen LogP contribution < -0.4 is 0 Å². The Hall–Kier alpha value is -2.34. The minimum Gasteiger partial charge on any atom is -0.476 e. The molecular formula is C15H11FN2O2S. The van der Waals surface area contributed by atoms with Gasteiger partial charge in [0.15, 0.2) is 10.9 Å². The van der Waals surface area contributed by atoms with Crippen molar-refractivity contribution in [2.75, 3.05) is 0 Å². The lowest BCUT2D eigenvalue weighted by molar-refractivity contribution is 0.0693. The Bertz CT molecular complexity index is 816. The molecule has 3 aromatic rings. The largest absolute Gasteiger partial charge is 0.476 e. The number of aromatic carboxylic acids is 1. The van der Waals surface area contributed by atoms with Crippen LogP contribution in [0.15, 0.2) is 53.8 Å². The maximum absolute atomic E-state index is 13.1. The predicted octanol–water partition coefficient (Wildman–Crippen LogP) is 3.46. The van der Waals surface area contributed by atoms with Gasteiger partial charge in [0.2, 0.25) is 0 Å². The molecule has 21 heavy (non-hydrogen) atoms. The van der Waals surface area contributed by atoms with Gasteiger partial charge in [-0.3, -0.25) is 4.40 Å². The number of halogens is 1. The highest BCUT2D eigenvalue weighted by molar-refractivity contribution is 7.98. The van der Waals surface area contributed by atoms with Crippen LogP contribution in [0.2, 0.25) is 0 Å². The smallest absolute Gasteiger partial charge is 0.356 e. The van der Waals surface area contributed by atoms with E-state index in [9.17, 15) is 14.3 Å². The number of benzene rings is 1. The zero-order chi connectivity index (χ0) is 14.8. The number of hydrogen-bond donors (Lipinski definition) is 1. The molecule has 4 nitrogen and oxygen atoms in total. The van der Waals surface area contributed by atoms with Gasteiger partial charge < -0.3 is 5.11 Å². The van der Waals surface area contributed by atoms with Gasteiger partial charge in [-0.25, -0.2) is 14.2 Å². The monoisotopic (exact) mass is 302 g/mol. The molecule has 0 aliphatic rings. The zero-order valence-corrected chi connectivity index (χ0v) is 11.7. The lowest BCUT2D eigenvalue weighted by atomic mass is 10.2. The molecule has 0 aliphatic carbocycles. The third-order valence-corrected chi connectivity index (χ3v) is 4.00. The van der Waals surface area contributed by atoms with Crippen LogP contribution >= 0.6 is 11.8 Å². The normalized spacial score (nSPS) is 10.9. The van der Waals surface area contributed by atoms with Crippen molar-refractivity contribution in [3.05, 3.63) is 65.7 Å². The molecule has 2 heterocycles. The van der Waals surface area contributed by atoms with E-state index in [2.05, 4.69) is 4.98 Å². The van der Waals surface area contributed by atoms with Crippen LogP contribution in [-0.4, -0.2) is 20.5 Å². The van der Waals surface area contributed by atoms with Crippen molar-refractivity contribution in [2.45, 2.75) is 10.9 Å². The van der Waals surface area contributed by atoms with E-state index >= 15 is 0 Å². The summed E-state index contributed by atoms with van der Waals surface area (Å²) in [6.07, 6.45) is 1.77. The molecule has 3 rings (SSSR count). The number of fused-ring (bicyclic) bond motifs is 1. The van der Waals surface area contributed by atoms with Crippen LogP contribution in [0.3, 0.4) is 0 Å². The highest BCUT2D eigenvalue weighted by Gasteiger charge is 2.16. The van der Waals surface area contributed by atoms with Gasteiger partial charge in [0.1, 0.15) is 5.82 Å². The van der Waals surface area contributed by atoms with Crippen LogP contribution in [-0.2, 0) is 5.75 Å². The minimum atomic E-state index is -1.06. The number of imidazole rings is 1. The van der Waals surface area contributed by atoms with E-state index in [0.717, 1.165) is 5.56 Å². The minimum absolute atomic E-state index is 0.0253. The Morgan fingerprint density at radius 3 is 2.90 bits per heavy atom. The molecule has 0 fully saturated rings. The fraction of sp³-hybridized carbons (Fsp3) is 0.0667. The SMILES string of the molecule is O=C(O)c1nc(SCc2cccc(F)c2)n2ccccc12. The van der Waals surface area contributed by atoms with Gasteiger partial charge in [0, 0.05) is 11.9 Å². The third kappa shape index (κ3) is 2.75. The van der Waals surface area contributed by atoms with Gasteiger partial charge >= 0.3 is 5.97 Å². The Balaban J connectivity index is 1.92. The number of nitrogens with zero attached hydrogens (tertiary/aromatic N) is 2. The summed E-state index contributed by atoms with van der Waals surface area (Å²) in [6, 6.07) is 11.6. The van der Waals surface area contributed by atoms with Gasteiger partial charge in [-0.05, 0) is 29.8 Å². The number of aromatic nitrogens is 2. The van der Waals surface area contributed by atoms with Crippen LogP contribution in [0.25, 0.3) is 5.52 Å². The Kier molecular flexibility index (Phi) is 3.62. The van der Waals surface area contributed by atoms with Crippen molar-refractivity contribution in [1.29, 1.82) is 0 Å². The highest BCUT2D eigenvalue weighted by Crippen LogP contribution is 2.25. The van der Waals surface area contributed by atoms with Crippen molar-refractivity contribution in [2.24, 2.45) is 0 Å². The number of carboxylic acid groups (broad SMARTS) is 1. The molecule has 2 aromatic heterocycles. The Morgan fingerprint density at radius 1 is 1.29 bits per heavy atom. The lowest BCUT2D eigenvalue weighted by Crippen LogP contribution is -1.96. The van der Waals surface area contributed by atoms with Crippen molar-refractivity contribution in [3.63, 3.8) is 0 Å². The van der Waals surface area contributed by atoms with Crippen molar-refractivity contribution in [1.82, 2.24) is 9.38 Å². The van der Waals surface area contributed by atoms with Crippen molar-refractivity contribution in [3.8, 4) is 0 Å². The van der Waals surface area contributed by atoms with Gasteiger partial charge in [0.05, 0.1) is 5.52 Å². The van der Waals surface area contributed by atoms with Crippen LogP contribution in [0.5, 0.6) is 0 Å². The summed E-state index contributed by atoms with van der Waals surface area (Å²) in [5.74, 6) is -0.825. The van der Waals surface area contributed by atoms with Gasteiger partial charge in [-0.2, -0.15) is 0 Å². The number of carboxylic acids is 1. The summed E-state index contributed by atoms with van der Waals surface area (Å²) in [7, 11) is 0. The number of carbonyl (C=O) groups is 1. The number of rotatable bonds is 4. The molecule has 0 bridgehead atoms. The van der Waals surface area contributed by atoms with E-state index in [1.807, 2.05) is 12.1 Å². The molecule has 1 N–H and O–H groups in total. The van der Waals surface area contributed by atoms with E-state index in [-0.39, 0.29) is 11.5 Å². The molecule has 0 spiro atoms. The highest BCUT2D eigenvalue weighted by atomic mass is 32.2. The molecule has 6 heteroatoms. The zero-order valence-electron chi connectivity index (χ0n) is 10.9. The molecule has 0 saturated heterocycles. The first kappa shape index (κ1) is 13.6. The average Bonchev–Trinajstić information content (AvgIpc) is 2.84. The summed E-state index contributed by atoms with van der Waals surface area (Å²) in [5.41, 5.74) is 1.40. The summed E-state index contributed by atoms with van der Waals surface area (Å²) in [4.78, 5) is 15.4. The molecule has 0 atom stereocenters. The van der Waals surface area contributed by atoms with E-state index < -0.39 is 5.97 Å². The van der Waals surface area contributed by atoms with Crippen molar-refractivity contribution < 1.29 is 14.3 Å². The van der Waals surface area contributed by atoms with E-state index in [0.29, 0.717) is 16.4 Å². The quantitative estimate of drug-likeness (QED) is 0.750. The maximum atomic E-state index is 13.1. The predicted molar refractivity (Wildman–Crippen MR) is 78.1 cm³/mol. The lowest BCUT2D eigenvalue weighted by Gasteiger charge is -2.01. The van der Waals surface area contributed by atoms with Gasteiger partial charge in [0.25, 0.3) is 0 Å². The van der Waals surface area contributed by atoms with Crippen LogP contribution in [0, 0.1) is 5.82 Å². The molecule has 0 amide bonds. The summed E-state index contributed by atoms with van der Waals surface area (Å²) >= 11 is 1.37. The summed E-state index contributed by atoms with van der Waals surface area (Å²) in [5, 5.41) is 9.76. The molecule has 0 radical (unpaired) electrons. The summed E-state index contributed by atoms with van der Waals surface area (Å²) in [6.45, 7) is 0. The fourth-order valence-electron chi connectivity index (χ4n) is 2.04. The molecule has 0 unspecified atom stereocenters. The van der Waals surface area contributed by atoms with Crippen molar-refractivity contribution >= 4 is 23.2 Å². The molecule has 0 aliphatic heterocycles. The second-order valence-electron chi connectivity index (χ2n) is 4.42. The Morgan fingerprint density at radius 2 is 2.14 bits per heavy atom. The standard InChI is InChI=1S/C15H11FN2O2S/c16-11-5-3-4-10(8-11)9-21-15-17-13(14(19)20)12-6-1-2-7-18(12)15/h1-8H,9H2,(H,19,20). The number of pyridine rings is 1. The maximum Gasteiger partial charge on any atom is 0.356 e. The Labute approximate surface area is 124 Å². The molecule has 0 saturated carbocycles. The summed E-state index contributed by atoms with van der Waals surface area (Å²) < 4.78 is 14.9. The van der Waals surface area contributed by atoms with Gasteiger partial charge in [-0.1, -0.05) is 30.0 Å². The van der Waals surface area contributed by atoms with Gasteiger partial charge in [-0.15, -0.1) is 0 Å². The van der Waals surface area contributed by atoms with E-state index in [4.69, 9.17) is 0 Å². The second-order valence-corrected chi connectivity index (χ2v) is 5.37. The second kappa shape index (κ2) is 5.57. The van der Waals surface area contributed by atoms with E-state index in [1.165, 1.54) is 23.9 Å². The molecule has 1 aromatic carbocycles. The third-order valence-electron chi connectivity index (χ3n) is 2.98. The number of hydrogen-bond acceptors (Lipinski definition) is 3. The first-order valence-electron chi connectivity index (χ1n) is 6.23. The van der Waals surface area contributed by atoms with Crippen LogP contribution in [0.1, 0.15) is 16.1 Å². The first-order chi connectivity index (χ1) is 10.1. The fourth-order valence-corrected chi connectivity index (χ4v) is 2.97. The first-order valence-corrected chi connectivity index (χ1v) is 7.21. The van der Waals surface area contributed by atoms with Crippen LogP contribution in [0.4, 0.5) is 4.39 Å². The molecular weight excluding hydrogens is 291 g/mol. The molecule has 106 valence electrons. The average molecular weight is 302 g/mol.